The molecule has 0 unspecified atom stereocenters. The Morgan fingerprint density at radius 1 is 1.10 bits per heavy atom. The summed E-state index contributed by atoms with van der Waals surface area (Å²) >= 11 is 0. The van der Waals surface area contributed by atoms with Crippen LogP contribution >= 0.6 is 0 Å². The molecule has 0 bridgehead atoms. The zero-order valence-electron chi connectivity index (χ0n) is 17.3. The van der Waals surface area contributed by atoms with E-state index in [4.69, 9.17) is 4.74 Å². The Balaban J connectivity index is 1.85. The normalized spacial score (nSPS) is 12.2. The zero-order valence-corrected chi connectivity index (χ0v) is 18.1. The van der Waals surface area contributed by atoms with Gasteiger partial charge in [-0.15, -0.1) is 0 Å². The fourth-order valence-corrected chi connectivity index (χ4v) is 3.97. The molecule has 158 valence electrons. The van der Waals surface area contributed by atoms with Gasteiger partial charge in [-0.05, 0) is 49.1 Å². The number of ether oxygens (including phenoxy) is 1. The van der Waals surface area contributed by atoms with Crippen LogP contribution in [0.25, 0.3) is 0 Å². The summed E-state index contributed by atoms with van der Waals surface area (Å²) in [7, 11) is -3.44. The first-order valence-corrected chi connectivity index (χ1v) is 11.7. The number of hydrogen-bond donors (Lipinski definition) is 1. The summed E-state index contributed by atoms with van der Waals surface area (Å²) in [4.78, 5) is 12.2. The number of hydrogen-bond acceptors (Lipinski definition) is 4. The van der Waals surface area contributed by atoms with Crippen LogP contribution in [0.4, 0.5) is 5.69 Å². The topological polar surface area (TPSA) is 75.7 Å². The molecule has 0 fully saturated rings. The van der Waals surface area contributed by atoms with E-state index in [0.29, 0.717) is 31.0 Å². The summed E-state index contributed by atoms with van der Waals surface area (Å²) in [6.07, 6.45) is 1.88. The Hall–Kier alpha value is -2.54. The van der Waals surface area contributed by atoms with E-state index in [-0.39, 0.29) is 24.8 Å². The largest absolute Gasteiger partial charge is 0.494 e. The van der Waals surface area contributed by atoms with Crippen LogP contribution in [-0.4, -0.2) is 40.3 Å². The van der Waals surface area contributed by atoms with Crippen molar-refractivity contribution in [2.75, 3.05) is 30.3 Å². The molecule has 1 atom stereocenters. The average Bonchev–Trinajstić information content (AvgIpc) is 2.70. The van der Waals surface area contributed by atoms with Gasteiger partial charge < -0.3 is 10.1 Å². The van der Waals surface area contributed by atoms with Gasteiger partial charge >= 0.3 is 0 Å². The van der Waals surface area contributed by atoms with Crippen LogP contribution in [0, 0.1) is 0 Å². The van der Waals surface area contributed by atoms with E-state index in [2.05, 4.69) is 12.2 Å². The van der Waals surface area contributed by atoms with Crippen LogP contribution in [-0.2, 0) is 14.8 Å². The minimum absolute atomic E-state index is 0.0760. The molecule has 0 heterocycles. The lowest BCUT2D eigenvalue weighted by molar-refractivity contribution is -0.121. The highest BCUT2D eigenvalue weighted by molar-refractivity contribution is 7.92. The molecule has 0 saturated heterocycles. The van der Waals surface area contributed by atoms with Crippen molar-refractivity contribution in [2.24, 2.45) is 0 Å². The molecule has 1 amide bonds. The van der Waals surface area contributed by atoms with Crippen LogP contribution in [0.5, 0.6) is 5.75 Å². The summed E-state index contributed by atoms with van der Waals surface area (Å²) in [5.74, 6) is 0.834. The van der Waals surface area contributed by atoms with Gasteiger partial charge in [0.25, 0.3) is 0 Å². The lowest BCUT2D eigenvalue weighted by Gasteiger charge is -2.22. The van der Waals surface area contributed by atoms with Gasteiger partial charge in [0.2, 0.25) is 15.9 Å². The molecule has 6 nitrogen and oxygen atoms in total. The van der Waals surface area contributed by atoms with Gasteiger partial charge in [0, 0.05) is 19.5 Å². The highest BCUT2D eigenvalue weighted by Crippen LogP contribution is 2.22. The third-order valence-electron chi connectivity index (χ3n) is 4.58. The second-order valence-electron chi connectivity index (χ2n) is 6.98. The molecule has 0 spiro atoms. The van der Waals surface area contributed by atoms with Crippen LogP contribution in [0.2, 0.25) is 0 Å². The highest BCUT2D eigenvalue weighted by Gasteiger charge is 2.18. The minimum Gasteiger partial charge on any atom is -0.494 e. The molecule has 2 aromatic carbocycles. The van der Waals surface area contributed by atoms with Gasteiger partial charge in [-0.1, -0.05) is 37.3 Å². The van der Waals surface area contributed by atoms with E-state index < -0.39 is 10.0 Å². The maximum atomic E-state index is 12.2. The number of carbonyl (C=O) groups is 1. The Labute approximate surface area is 173 Å². The predicted molar refractivity (Wildman–Crippen MR) is 117 cm³/mol. The first-order valence-electron chi connectivity index (χ1n) is 9.83. The molecule has 1 N–H and O–H groups in total. The van der Waals surface area contributed by atoms with E-state index in [1.54, 1.807) is 24.3 Å². The molecule has 0 aliphatic heterocycles. The molecule has 0 saturated carbocycles. The molecule has 2 rings (SSSR count). The van der Waals surface area contributed by atoms with Crippen molar-refractivity contribution in [1.82, 2.24) is 5.32 Å². The van der Waals surface area contributed by atoms with Gasteiger partial charge in [0.05, 0.1) is 18.6 Å². The summed E-state index contributed by atoms with van der Waals surface area (Å²) < 4.78 is 31.1. The molecule has 29 heavy (non-hydrogen) atoms. The van der Waals surface area contributed by atoms with Crippen molar-refractivity contribution < 1.29 is 17.9 Å². The zero-order chi connectivity index (χ0) is 21.3. The molecule has 7 heteroatoms. The number of amides is 1. The van der Waals surface area contributed by atoms with Crippen molar-refractivity contribution >= 4 is 21.6 Å². The SMILES string of the molecule is CCOc1ccc(N(CCCC(=O)NC[C@H](C)c2ccccc2)S(C)(=O)=O)cc1. The van der Waals surface area contributed by atoms with Crippen molar-refractivity contribution in [2.45, 2.75) is 32.6 Å². The van der Waals surface area contributed by atoms with Crippen molar-refractivity contribution in [3.05, 3.63) is 60.2 Å². The second-order valence-corrected chi connectivity index (χ2v) is 8.89. The number of carbonyl (C=O) groups excluding carboxylic acids is 1. The molecule has 0 radical (unpaired) electrons. The molecule has 2 aromatic rings. The van der Waals surface area contributed by atoms with E-state index in [9.17, 15) is 13.2 Å². The van der Waals surface area contributed by atoms with Crippen LogP contribution in [0.1, 0.15) is 38.2 Å². The number of anilines is 1. The first kappa shape index (κ1) is 22.7. The molecular weight excluding hydrogens is 388 g/mol. The maximum Gasteiger partial charge on any atom is 0.232 e. The van der Waals surface area contributed by atoms with E-state index in [1.165, 1.54) is 16.1 Å². The van der Waals surface area contributed by atoms with Gasteiger partial charge in [0.15, 0.2) is 0 Å². The quantitative estimate of drug-likeness (QED) is 0.605. The molecule has 0 aliphatic rings. The number of nitrogens with one attached hydrogen (secondary N) is 1. The first-order chi connectivity index (χ1) is 13.8. The van der Waals surface area contributed by atoms with Crippen molar-refractivity contribution in [3.63, 3.8) is 0 Å². The standard InChI is InChI=1S/C22H30N2O4S/c1-4-28-21-14-12-20(13-15-21)24(29(3,26)27)16-8-11-22(25)23-17-18(2)19-9-6-5-7-10-19/h5-7,9-10,12-15,18H,4,8,11,16-17H2,1-3H3,(H,23,25)/t18-/m0/s1. The summed E-state index contributed by atoms with van der Waals surface area (Å²) in [5.41, 5.74) is 1.74. The van der Waals surface area contributed by atoms with Gasteiger partial charge in [-0.3, -0.25) is 9.10 Å². The molecule has 0 aromatic heterocycles. The molecule has 0 aliphatic carbocycles. The van der Waals surface area contributed by atoms with Gasteiger partial charge in [-0.25, -0.2) is 8.42 Å². The van der Waals surface area contributed by atoms with Crippen LogP contribution in [0.15, 0.2) is 54.6 Å². The summed E-state index contributed by atoms with van der Waals surface area (Å²) in [6, 6.07) is 16.9. The van der Waals surface area contributed by atoms with Gasteiger partial charge in [-0.2, -0.15) is 0 Å². The van der Waals surface area contributed by atoms with E-state index in [0.717, 1.165) is 0 Å². The average molecular weight is 419 g/mol. The third-order valence-corrected chi connectivity index (χ3v) is 5.77. The monoisotopic (exact) mass is 418 g/mol. The Morgan fingerprint density at radius 2 is 1.76 bits per heavy atom. The predicted octanol–water partition coefficient (Wildman–Crippen LogP) is 3.55. The number of benzene rings is 2. The maximum absolute atomic E-state index is 12.2. The third kappa shape index (κ3) is 7.42. The molecular formula is C22H30N2O4S. The number of nitrogens with zero attached hydrogens (tertiary/aromatic N) is 1. The number of sulfonamides is 1. The van der Waals surface area contributed by atoms with Crippen LogP contribution < -0.4 is 14.4 Å². The van der Waals surface area contributed by atoms with Gasteiger partial charge in [0.1, 0.15) is 5.75 Å². The minimum atomic E-state index is -3.44. The van der Waals surface area contributed by atoms with E-state index >= 15 is 0 Å². The summed E-state index contributed by atoms with van der Waals surface area (Å²) in [6.45, 7) is 5.30. The van der Waals surface area contributed by atoms with Crippen molar-refractivity contribution in [3.8, 4) is 5.75 Å². The Morgan fingerprint density at radius 3 is 2.34 bits per heavy atom. The summed E-state index contributed by atoms with van der Waals surface area (Å²) in [5, 5.41) is 2.93. The number of rotatable bonds is 11. The Kier molecular flexibility index (Phi) is 8.51. The lowest BCUT2D eigenvalue weighted by atomic mass is 10.0. The van der Waals surface area contributed by atoms with E-state index in [1.807, 2.05) is 37.3 Å². The lowest BCUT2D eigenvalue weighted by Crippen LogP contribution is -2.32. The second kappa shape index (κ2) is 10.9. The fraction of sp³-hybridized carbons (Fsp3) is 0.409. The highest BCUT2D eigenvalue weighted by atomic mass is 32.2. The van der Waals surface area contributed by atoms with Crippen LogP contribution in [0.3, 0.4) is 0 Å². The fourth-order valence-electron chi connectivity index (χ4n) is 3.00. The van der Waals surface area contributed by atoms with Crippen molar-refractivity contribution in [1.29, 1.82) is 0 Å². The Bertz CT molecular complexity index is 867. The smallest absolute Gasteiger partial charge is 0.232 e.